The fourth-order valence-electron chi connectivity index (χ4n) is 7.50. The summed E-state index contributed by atoms with van der Waals surface area (Å²) in [6.07, 6.45) is 0. The van der Waals surface area contributed by atoms with Gasteiger partial charge in [0.25, 0.3) is 0 Å². The molecule has 3 aromatic heterocycles. The highest BCUT2D eigenvalue weighted by Gasteiger charge is 2.21. The Labute approximate surface area is 259 Å². The van der Waals surface area contributed by atoms with E-state index in [9.17, 15) is 0 Å². The number of hydrogen-bond donors (Lipinski definition) is 0. The van der Waals surface area contributed by atoms with Gasteiger partial charge >= 0.3 is 0 Å². The lowest BCUT2D eigenvalue weighted by Crippen LogP contribution is -1.95. The fourth-order valence-corrected chi connectivity index (χ4v) is 7.50. The molecule has 3 heterocycles. The van der Waals surface area contributed by atoms with E-state index in [1.54, 1.807) is 0 Å². The second-order valence-corrected chi connectivity index (χ2v) is 11.8. The van der Waals surface area contributed by atoms with Crippen LogP contribution in [0.2, 0.25) is 0 Å². The number of aromatic nitrogens is 3. The third kappa shape index (κ3) is 3.41. The van der Waals surface area contributed by atoms with Crippen LogP contribution >= 0.6 is 0 Å². The van der Waals surface area contributed by atoms with Crippen molar-refractivity contribution in [2.24, 2.45) is 0 Å². The lowest BCUT2D eigenvalue weighted by atomic mass is 10.1. The Bertz CT molecular complexity index is 2730. The summed E-state index contributed by atoms with van der Waals surface area (Å²) in [7, 11) is 0. The summed E-state index contributed by atoms with van der Waals surface area (Å²) in [6, 6.07) is 59.4. The molecule has 0 atom stereocenters. The van der Waals surface area contributed by atoms with Gasteiger partial charge in [-0.2, -0.15) is 0 Å². The maximum Gasteiger partial charge on any atom is 0.0562 e. The molecule has 0 saturated carbocycles. The highest BCUT2D eigenvalue weighted by Crippen LogP contribution is 2.42. The number of para-hydroxylation sites is 5. The average molecular weight is 574 g/mol. The van der Waals surface area contributed by atoms with Gasteiger partial charge in [-0.1, -0.05) is 91.0 Å². The Kier molecular flexibility index (Phi) is 5.00. The van der Waals surface area contributed by atoms with E-state index in [2.05, 4.69) is 177 Å². The van der Waals surface area contributed by atoms with Gasteiger partial charge in [0, 0.05) is 49.4 Å². The number of fused-ring (bicyclic) bond motifs is 9. The van der Waals surface area contributed by atoms with Crippen molar-refractivity contribution in [1.82, 2.24) is 13.7 Å². The van der Waals surface area contributed by atoms with Gasteiger partial charge in [0.1, 0.15) is 0 Å². The summed E-state index contributed by atoms with van der Waals surface area (Å²) >= 11 is 0. The van der Waals surface area contributed by atoms with Crippen molar-refractivity contribution >= 4 is 65.4 Å². The first-order valence-electron chi connectivity index (χ1n) is 15.5. The maximum atomic E-state index is 2.45. The lowest BCUT2D eigenvalue weighted by Gasteiger charge is -2.10. The van der Waals surface area contributed by atoms with Crippen molar-refractivity contribution in [1.29, 1.82) is 0 Å². The van der Waals surface area contributed by atoms with Gasteiger partial charge in [-0.25, -0.2) is 0 Å². The monoisotopic (exact) mass is 573 g/mol. The molecule has 3 nitrogen and oxygen atoms in total. The molecule has 45 heavy (non-hydrogen) atoms. The van der Waals surface area contributed by atoms with Crippen LogP contribution in [-0.2, 0) is 0 Å². The molecule has 0 aliphatic heterocycles. The second kappa shape index (κ2) is 9.22. The van der Waals surface area contributed by atoms with Gasteiger partial charge in [-0.3, -0.25) is 0 Å². The topological polar surface area (TPSA) is 14.8 Å². The minimum absolute atomic E-state index is 1.16. The molecule has 0 radical (unpaired) electrons. The normalized spacial score (nSPS) is 12.0. The van der Waals surface area contributed by atoms with Crippen LogP contribution in [0, 0.1) is 0 Å². The number of rotatable bonds is 3. The van der Waals surface area contributed by atoms with Crippen molar-refractivity contribution in [3.05, 3.63) is 164 Å². The van der Waals surface area contributed by atoms with Gasteiger partial charge < -0.3 is 13.7 Å². The standard InChI is InChI=1S/C42H27N3/c1-4-14-28(15-5-1)43-38-23-13-11-21-32(38)35-25-40-36(26-39(35)43)34-24-33-31-20-10-12-22-37(31)44(29-16-6-2-7-17-29)41(33)27-42(34)45(40)30-18-8-3-9-19-30/h1-27H. The van der Waals surface area contributed by atoms with E-state index < -0.39 is 0 Å². The zero-order chi connectivity index (χ0) is 29.5. The SMILES string of the molecule is c1ccc(-n2c3ccccc3c3cc4c(cc32)c2cc3c5ccccc5n(-c5ccccc5)c3cc2n4-c2ccccc2)cc1. The van der Waals surface area contributed by atoms with E-state index >= 15 is 0 Å². The largest absolute Gasteiger partial charge is 0.309 e. The molecule has 0 fully saturated rings. The fraction of sp³-hybridized carbons (Fsp3) is 0. The quantitative estimate of drug-likeness (QED) is 0.200. The van der Waals surface area contributed by atoms with Crippen molar-refractivity contribution in [2.75, 3.05) is 0 Å². The maximum absolute atomic E-state index is 2.45. The Hall–Kier alpha value is -6.06. The molecule has 7 aromatic carbocycles. The molecule has 0 aliphatic rings. The van der Waals surface area contributed by atoms with Crippen LogP contribution in [0.4, 0.5) is 0 Å². The highest BCUT2D eigenvalue weighted by atomic mass is 15.0. The molecule has 10 aromatic rings. The van der Waals surface area contributed by atoms with Crippen molar-refractivity contribution < 1.29 is 0 Å². The molecule has 0 unspecified atom stereocenters. The molecular formula is C42H27N3. The summed E-state index contributed by atoms with van der Waals surface area (Å²) in [4.78, 5) is 0. The molecule has 0 bridgehead atoms. The predicted molar refractivity (Wildman–Crippen MR) is 189 cm³/mol. The Morgan fingerprint density at radius 1 is 0.222 bits per heavy atom. The van der Waals surface area contributed by atoms with E-state index in [4.69, 9.17) is 0 Å². The molecule has 3 heteroatoms. The molecule has 0 saturated heterocycles. The molecule has 0 aliphatic carbocycles. The van der Waals surface area contributed by atoms with Crippen LogP contribution in [0.15, 0.2) is 164 Å². The van der Waals surface area contributed by atoms with Crippen LogP contribution < -0.4 is 0 Å². The Morgan fingerprint density at radius 2 is 0.533 bits per heavy atom. The predicted octanol–water partition coefficient (Wildman–Crippen LogP) is 11.0. The minimum Gasteiger partial charge on any atom is -0.309 e. The first-order valence-corrected chi connectivity index (χ1v) is 15.5. The summed E-state index contributed by atoms with van der Waals surface area (Å²) in [6.45, 7) is 0. The molecular weight excluding hydrogens is 546 g/mol. The third-order valence-electron chi connectivity index (χ3n) is 9.40. The van der Waals surface area contributed by atoms with Gasteiger partial charge in [0.15, 0.2) is 0 Å². The van der Waals surface area contributed by atoms with Crippen LogP contribution in [0.1, 0.15) is 0 Å². The lowest BCUT2D eigenvalue weighted by molar-refractivity contribution is 1.16. The van der Waals surface area contributed by atoms with Crippen LogP contribution in [-0.4, -0.2) is 13.7 Å². The molecule has 10 rings (SSSR count). The molecule has 0 spiro atoms. The van der Waals surface area contributed by atoms with E-state index in [1.807, 2.05) is 0 Å². The Balaban J connectivity index is 1.42. The third-order valence-corrected chi connectivity index (χ3v) is 9.40. The van der Waals surface area contributed by atoms with Crippen molar-refractivity contribution in [3.8, 4) is 17.1 Å². The first-order chi connectivity index (χ1) is 22.3. The average Bonchev–Trinajstić information content (AvgIpc) is 3.72. The molecule has 0 N–H and O–H groups in total. The number of nitrogens with zero attached hydrogens (tertiary/aromatic N) is 3. The summed E-state index contributed by atoms with van der Waals surface area (Å²) in [5, 5.41) is 7.54. The second-order valence-electron chi connectivity index (χ2n) is 11.8. The van der Waals surface area contributed by atoms with Crippen LogP contribution in [0.3, 0.4) is 0 Å². The van der Waals surface area contributed by atoms with E-state index in [0.717, 1.165) is 5.69 Å². The molecule has 0 amide bonds. The Morgan fingerprint density at radius 3 is 1.00 bits per heavy atom. The highest BCUT2D eigenvalue weighted by molar-refractivity contribution is 6.22. The number of hydrogen-bond acceptors (Lipinski definition) is 0. The molecule has 210 valence electrons. The van der Waals surface area contributed by atoms with Crippen molar-refractivity contribution in [2.45, 2.75) is 0 Å². The van der Waals surface area contributed by atoms with E-state index in [1.165, 1.54) is 76.8 Å². The van der Waals surface area contributed by atoms with Gasteiger partial charge in [-0.05, 0) is 72.8 Å². The smallest absolute Gasteiger partial charge is 0.0562 e. The van der Waals surface area contributed by atoms with Gasteiger partial charge in [0.2, 0.25) is 0 Å². The minimum atomic E-state index is 1.16. The zero-order valence-corrected chi connectivity index (χ0v) is 24.4. The van der Waals surface area contributed by atoms with Gasteiger partial charge in [-0.15, -0.1) is 0 Å². The van der Waals surface area contributed by atoms with Crippen LogP contribution in [0.5, 0.6) is 0 Å². The summed E-state index contributed by atoms with van der Waals surface area (Å²) in [5.74, 6) is 0. The van der Waals surface area contributed by atoms with E-state index in [0.29, 0.717) is 0 Å². The van der Waals surface area contributed by atoms with Crippen molar-refractivity contribution in [3.63, 3.8) is 0 Å². The summed E-state index contributed by atoms with van der Waals surface area (Å²) < 4.78 is 7.27. The van der Waals surface area contributed by atoms with Gasteiger partial charge in [0.05, 0.1) is 33.1 Å². The van der Waals surface area contributed by atoms with Crippen LogP contribution in [0.25, 0.3) is 82.5 Å². The number of benzene rings is 7. The zero-order valence-electron chi connectivity index (χ0n) is 24.4. The first kappa shape index (κ1) is 24.4. The van der Waals surface area contributed by atoms with E-state index in [-0.39, 0.29) is 0 Å². The summed E-state index contributed by atoms with van der Waals surface area (Å²) in [5.41, 5.74) is 10.8.